The Bertz CT molecular complexity index is 744. The van der Waals surface area contributed by atoms with E-state index in [1.54, 1.807) is 33.0 Å². The maximum absolute atomic E-state index is 12.5. The van der Waals surface area contributed by atoms with Gasteiger partial charge in [0.05, 0.1) is 16.6 Å². The van der Waals surface area contributed by atoms with E-state index in [0.717, 1.165) is 31.7 Å². The van der Waals surface area contributed by atoms with Crippen molar-refractivity contribution in [2.75, 3.05) is 31.1 Å². The summed E-state index contributed by atoms with van der Waals surface area (Å²) in [5.74, 6) is 0.170. The SMILES string of the molecule is CC(C)(C)C(=O)N1CCCN(c2ccc(S(=O)(=O)C(C)(C)C)nc2)CC1. The zero-order valence-electron chi connectivity index (χ0n) is 16.7. The molecule has 26 heavy (non-hydrogen) atoms. The molecule has 1 aliphatic heterocycles. The van der Waals surface area contributed by atoms with Gasteiger partial charge in [-0.1, -0.05) is 20.8 Å². The maximum atomic E-state index is 12.5. The normalized spacial score (nSPS) is 17.2. The number of amides is 1. The van der Waals surface area contributed by atoms with Gasteiger partial charge in [-0.05, 0) is 39.3 Å². The summed E-state index contributed by atoms with van der Waals surface area (Å²) in [5, 5.41) is 0.105. The minimum atomic E-state index is -3.45. The van der Waals surface area contributed by atoms with Crippen LogP contribution in [0, 0.1) is 5.41 Å². The summed E-state index contributed by atoms with van der Waals surface area (Å²) < 4.78 is 24.1. The molecule has 1 fully saturated rings. The number of hydrogen-bond donors (Lipinski definition) is 0. The van der Waals surface area contributed by atoms with E-state index in [1.165, 1.54) is 0 Å². The summed E-state index contributed by atoms with van der Waals surface area (Å²) in [4.78, 5) is 20.8. The molecule has 0 atom stereocenters. The zero-order valence-corrected chi connectivity index (χ0v) is 17.6. The molecular formula is C19H31N3O3S. The third-order valence-corrected chi connectivity index (χ3v) is 7.00. The minimum Gasteiger partial charge on any atom is -0.368 e. The molecule has 1 aromatic heterocycles. The van der Waals surface area contributed by atoms with Crippen LogP contribution in [0.4, 0.5) is 5.69 Å². The van der Waals surface area contributed by atoms with E-state index in [-0.39, 0.29) is 16.3 Å². The van der Waals surface area contributed by atoms with Crippen molar-refractivity contribution in [1.29, 1.82) is 0 Å². The van der Waals surface area contributed by atoms with Crippen LogP contribution in [0.2, 0.25) is 0 Å². The van der Waals surface area contributed by atoms with Crippen molar-refractivity contribution in [3.63, 3.8) is 0 Å². The largest absolute Gasteiger partial charge is 0.368 e. The lowest BCUT2D eigenvalue weighted by molar-refractivity contribution is -0.139. The fraction of sp³-hybridized carbons (Fsp3) is 0.684. The number of anilines is 1. The van der Waals surface area contributed by atoms with Crippen LogP contribution in [0.3, 0.4) is 0 Å². The van der Waals surface area contributed by atoms with Crippen molar-refractivity contribution in [1.82, 2.24) is 9.88 Å². The first-order chi connectivity index (χ1) is 11.8. The highest BCUT2D eigenvalue weighted by molar-refractivity contribution is 7.92. The highest BCUT2D eigenvalue weighted by Crippen LogP contribution is 2.25. The molecule has 6 nitrogen and oxygen atoms in total. The average Bonchev–Trinajstić information content (AvgIpc) is 2.78. The lowest BCUT2D eigenvalue weighted by Gasteiger charge is -2.28. The Morgan fingerprint density at radius 3 is 2.15 bits per heavy atom. The molecule has 0 aromatic carbocycles. The van der Waals surface area contributed by atoms with Crippen LogP contribution in [0.1, 0.15) is 48.0 Å². The van der Waals surface area contributed by atoms with Crippen LogP contribution in [-0.2, 0) is 14.6 Å². The molecule has 0 radical (unpaired) electrons. The molecule has 0 N–H and O–H groups in total. The van der Waals surface area contributed by atoms with Crippen LogP contribution in [0.25, 0.3) is 0 Å². The number of nitrogens with zero attached hydrogens (tertiary/aromatic N) is 3. The summed E-state index contributed by atoms with van der Waals surface area (Å²) >= 11 is 0. The van der Waals surface area contributed by atoms with Crippen molar-refractivity contribution < 1.29 is 13.2 Å². The van der Waals surface area contributed by atoms with Gasteiger partial charge in [0.25, 0.3) is 0 Å². The summed E-state index contributed by atoms with van der Waals surface area (Å²) in [6, 6.07) is 3.39. The summed E-state index contributed by atoms with van der Waals surface area (Å²) in [5.41, 5.74) is 0.516. The third-order valence-electron chi connectivity index (χ3n) is 4.59. The van der Waals surface area contributed by atoms with Gasteiger partial charge in [0.15, 0.2) is 14.9 Å². The van der Waals surface area contributed by atoms with E-state index >= 15 is 0 Å². The zero-order chi connectivity index (χ0) is 19.8. The lowest BCUT2D eigenvalue weighted by Crippen LogP contribution is -2.41. The Kier molecular flexibility index (Phi) is 5.71. The molecule has 0 bridgehead atoms. The topological polar surface area (TPSA) is 70.6 Å². The van der Waals surface area contributed by atoms with Gasteiger partial charge in [-0.3, -0.25) is 4.79 Å². The smallest absolute Gasteiger partial charge is 0.228 e. The van der Waals surface area contributed by atoms with Crippen molar-refractivity contribution in [2.45, 2.75) is 57.7 Å². The molecular weight excluding hydrogens is 350 g/mol. The Balaban J connectivity index is 2.12. The molecule has 1 saturated heterocycles. The van der Waals surface area contributed by atoms with E-state index in [4.69, 9.17) is 0 Å². The average molecular weight is 382 g/mol. The molecule has 1 aliphatic rings. The minimum absolute atomic E-state index is 0.105. The van der Waals surface area contributed by atoms with Crippen LogP contribution in [0.5, 0.6) is 0 Å². The number of rotatable bonds is 2. The predicted molar refractivity (Wildman–Crippen MR) is 104 cm³/mol. The first-order valence-electron chi connectivity index (χ1n) is 9.09. The number of sulfone groups is 1. The summed E-state index contributed by atoms with van der Waals surface area (Å²) in [6.07, 6.45) is 2.50. The van der Waals surface area contributed by atoms with Crippen molar-refractivity contribution in [2.24, 2.45) is 5.41 Å². The van der Waals surface area contributed by atoms with Crippen molar-refractivity contribution >= 4 is 21.4 Å². The second-order valence-electron chi connectivity index (χ2n) is 8.85. The van der Waals surface area contributed by atoms with Crippen molar-refractivity contribution in [3.05, 3.63) is 18.3 Å². The van der Waals surface area contributed by atoms with E-state index < -0.39 is 14.6 Å². The molecule has 0 spiro atoms. The first-order valence-corrected chi connectivity index (χ1v) is 10.6. The van der Waals surface area contributed by atoms with Gasteiger partial charge in [0.2, 0.25) is 5.91 Å². The van der Waals surface area contributed by atoms with Gasteiger partial charge >= 0.3 is 0 Å². The van der Waals surface area contributed by atoms with Gasteiger partial charge in [0.1, 0.15) is 0 Å². The number of carbonyl (C=O) groups excluding carboxylic acids is 1. The molecule has 0 unspecified atom stereocenters. The molecule has 0 aliphatic carbocycles. The number of pyridine rings is 1. The van der Waals surface area contributed by atoms with Gasteiger partial charge in [-0.2, -0.15) is 0 Å². The Morgan fingerprint density at radius 1 is 1.00 bits per heavy atom. The predicted octanol–water partition coefficient (Wildman–Crippen LogP) is 2.74. The molecule has 1 aromatic rings. The molecule has 2 heterocycles. The van der Waals surface area contributed by atoms with E-state index in [0.29, 0.717) is 6.54 Å². The van der Waals surface area contributed by atoms with Gasteiger partial charge in [-0.25, -0.2) is 13.4 Å². The Labute approximate surface area is 157 Å². The first kappa shape index (κ1) is 20.7. The molecule has 7 heteroatoms. The van der Waals surface area contributed by atoms with Gasteiger partial charge in [0, 0.05) is 31.6 Å². The van der Waals surface area contributed by atoms with Gasteiger partial charge in [-0.15, -0.1) is 0 Å². The van der Waals surface area contributed by atoms with E-state index in [2.05, 4.69) is 9.88 Å². The number of carbonyl (C=O) groups is 1. The fourth-order valence-corrected chi connectivity index (χ4v) is 3.95. The quantitative estimate of drug-likeness (QED) is 0.788. The highest BCUT2D eigenvalue weighted by Gasteiger charge is 2.32. The Hall–Kier alpha value is -1.63. The fourth-order valence-electron chi connectivity index (χ4n) is 2.89. The molecule has 1 amide bonds. The summed E-state index contributed by atoms with van der Waals surface area (Å²) in [7, 11) is -3.45. The maximum Gasteiger partial charge on any atom is 0.228 e. The second-order valence-corrected chi connectivity index (χ2v) is 11.5. The molecule has 146 valence electrons. The lowest BCUT2D eigenvalue weighted by atomic mass is 9.94. The highest BCUT2D eigenvalue weighted by atomic mass is 32.2. The van der Waals surface area contributed by atoms with E-state index in [1.807, 2.05) is 31.7 Å². The van der Waals surface area contributed by atoms with Crippen LogP contribution in [-0.4, -0.2) is 55.1 Å². The monoisotopic (exact) mass is 381 g/mol. The van der Waals surface area contributed by atoms with Crippen LogP contribution < -0.4 is 4.90 Å². The third kappa shape index (κ3) is 4.37. The van der Waals surface area contributed by atoms with E-state index in [9.17, 15) is 13.2 Å². The second kappa shape index (κ2) is 7.18. The summed E-state index contributed by atoms with van der Waals surface area (Å²) in [6.45, 7) is 13.8. The number of aromatic nitrogens is 1. The van der Waals surface area contributed by atoms with Gasteiger partial charge < -0.3 is 9.80 Å². The van der Waals surface area contributed by atoms with Crippen LogP contribution >= 0.6 is 0 Å². The number of hydrogen-bond acceptors (Lipinski definition) is 5. The van der Waals surface area contributed by atoms with Crippen molar-refractivity contribution in [3.8, 4) is 0 Å². The molecule has 0 saturated carbocycles. The molecule has 2 rings (SSSR count). The van der Waals surface area contributed by atoms with Crippen LogP contribution in [0.15, 0.2) is 23.4 Å². The standard InChI is InChI=1S/C19H31N3O3S/c1-18(2,3)17(23)22-11-7-10-21(12-13-22)15-8-9-16(20-14-15)26(24,25)19(4,5)6/h8-9,14H,7,10-13H2,1-6H3. The Morgan fingerprint density at radius 2 is 1.65 bits per heavy atom.